The lowest BCUT2D eigenvalue weighted by molar-refractivity contribution is 0.597. The van der Waals surface area contributed by atoms with E-state index in [0.717, 1.165) is 11.0 Å². The number of hydrogen-bond donors (Lipinski definition) is 1. The molecule has 4 nitrogen and oxygen atoms in total. The molecule has 0 unspecified atom stereocenters. The second kappa shape index (κ2) is 4.68. The first-order valence-electron chi connectivity index (χ1n) is 6.05. The highest BCUT2D eigenvalue weighted by Crippen LogP contribution is 2.17. The molecule has 0 amide bonds. The summed E-state index contributed by atoms with van der Waals surface area (Å²) >= 11 is 0. The van der Waals surface area contributed by atoms with Crippen molar-refractivity contribution in [3.05, 3.63) is 54.1 Å². The summed E-state index contributed by atoms with van der Waals surface area (Å²) in [6.07, 6.45) is 3.94. The van der Waals surface area contributed by atoms with Crippen molar-refractivity contribution in [3.8, 4) is 0 Å². The number of aryl methyl sites for hydroxylation is 2. The standard InChI is InChI=1S/C14H13FN4/c15-11-4-2-1-3-10(11)6-8-19-13-5-7-17-9-12(13)18-14(19)16/h1-5,7,9H,6,8H2,(H2,16,18). The van der Waals surface area contributed by atoms with Crippen LogP contribution in [0.4, 0.5) is 10.3 Å². The van der Waals surface area contributed by atoms with Crippen molar-refractivity contribution in [2.75, 3.05) is 5.73 Å². The van der Waals surface area contributed by atoms with Gasteiger partial charge in [0.25, 0.3) is 0 Å². The molecule has 96 valence electrons. The first-order chi connectivity index (χ1) is 9.25. The van der Waals surface area contributed by atoms with Crippen LogP contribution in [0.5, 0.6) is 0 Å². The molecule has 0 bridgehead atoms. The van der Waals surface area contributed by atoms with E-state index in [1.807, 2.05) is 16.7 Å². The van der Waals surface area contributed by atoms with E-state index in [1.165, 1.54) is 6.07 Å². The summed E-state index contributed by atoms with van der Waals surface area (Å²) in [7, 11) is 0. The number of fused-ring (bicyclic) bond motifs is 1. The summed E-state index contributed by atoms with van der Waals surface area (Å²) in [5.41, 5.74) is 8.24. The van der Waals surface area contributed by atoms with Gasteiger partial charge in [0.15, 0.2) is 0 Å². The lowest BCUT2D eigenvalue weighted by atomic mass is 10.1. The van der Waals surface area contributed by atoms with Gasteiger partial charge in [-0.25, -0.2) is 9.37 Å². The van der Waals surface area contributed by atoms with Gasteiger partial charge in [-0.1, -0.05) is 18.2 Å². The molecule has 2 aromatic heterocycles. The van der Waals surface area contributed by atoms with Gasteiger partial charge in [-0.15, -0.1) is 0 Å². The molecule has 5 heteroatoms. The van der Waals surface area contributed by atoms with Gasteiger partial charge in [-0.05, 0) is 24.1 Å². The number of pyridine rings is 1. The zero-order valence-corrected chi connectivity index (χ0v) is 10.3. The number of rotatable bonds is 3. The van der Waals surface area contributed by atoms with Crippen LogP contribution < -0.4 is 5.73 Å². The summed E-state index contributed by atoms with van der Waals surface area (Å²) < 4.78 is 15.4. The van der Waals surface area contributed by atoms with Gasteiger partial charge >= 0.3 is 0 Å². The van der Waals surface area contributed by atoms with Crippen LogP contribution in [0.1, 0.15) is 5.56 Å². The fraction of sp³-hybridized carbons (Fsp3) is 0.143. The third-order valence-electron chi connectivity index (χ3n) is 3.14. The minimum absolute atomic E-state index is 0.188. The highest BCUT2D eigenvalue weighted by Gasteiger charge is 2.08. The lowest BCUT2D eigenvalue weighted by Crippen LogP contribution is -2.06. The van der Waals surface area contributed by atoms with E-state index >= 15 is 0 Å². The number of imidazole rings is 1. The minimum Gasteiger partial charge on any atom is -0.369 e. The average molecular weight is 256 g/mol. The van der Waals surface area contributed by atoms with Crippen molar-refractivity contribution in [1.82, 2.24) is 14.5 Å². The summed E-state index contributed by atoms with van der Waals surface area (Å²) in [5.74, 6) is 0.242. The molecule has 0 aliphatic rings. The molecule has 0 fully saturated rings. The Morgan fingerprint density at radius 2 is 2.05 bits per heavy atom. The zero-order valence-electron chi connectivity index (χ0n) is 10.3. The smallest absolute Gasteiger partial charge is 0.201 e. The Morgan fingerprint density at radius 1 is 1.21 bits per heavy atom. The summed E-state index contributed by atoms with van der Waals surface area (Å²) in [4.78, 5) is 8.24. The number of halogens is 1. The van der Waals surface area contributed by atoms with Gasteiger partial charge in [-0.3, -0.25) is 4.98 Å². The Morgan fingerprint density at radius 3 is 2.89 bits per heavy atom. The van der Waals surface area contributed by atoms with Gasteiger partial charge < -0.3 is 10.3 Å². The summed E-state index contributed by atoms with van der Waals surface area (Å²) in [6.45, 7) is 0.591. The van der Waals surface area contributed by atoms with Crippen LogP contribution in [0.25, 0.3) is 11.0 Å². The van der Waals surface area contributed by atoms with Crippen molar-refractivity contribution in [2.45, 2.75) is 13.0 Å². The molecule has 3 aromatic rings. The largest absolute Gasteiger partial charge is 0.369 e. The van der Waals surface area contributed by atoms with E-state index in [9.17, 15) is 4.39 Å². The van der Waals surface area contributed by atoms with Crippen molar-refractivity contribution < 1.29 is 4.39 Å². The minimum atomic E-state index is -0.188. The third-order valence-corrected chi connectivity index (χ3v) is 3.14. The molecule has 0 saturated heterocycles. The molecule has 0 aliphatic carbocycles. The molecule has 0 saturated carbocycles. The van der Waals surface area contributed by atoms with Crippen LogP contribution >= 0.6 is 0 Å². The van der Waals surface area contributed by atoms with Gasteiger partial charge in [-0.2, -0.15) is 0 Å². The number of nitrogens with zero attached hydrogens (tertiary/aromatic N) is 3. The zero-order chi connectivity index (χ0) is 13.2. The Labute approximate surface area is 109 Å². The van der Waals surface area contributed by atoms with E-state index in [4.69, 9.17) is 5.73 Å². The maximum atomic E-state index is 13.6. The Balaban J connectivity index is 1.90. The first-order valence-corrected chi connectivity index (χ1v) is 6.05. The predicted molar refractivity (Wildman–Crippen MR) is 72.0 cm³/mol. The molecule has 1 aromatic carbocycles. The average Bonchev–Trinajstić information content (AvgIpc) is 2.74. The number of nitrogen functional groups attached to an aromatic ring is 1. The number of benzene rings is 1. The Kier molecular flexibility index (Phi) is 2.87. The van der Waals surface area contributed by atoms with Crippen molar-refractivity contribution in [1.29, 1.82) is 0 Å². The van der Waals surface area contributed by atoms with Gasteiger partial charge in [0, 0.05) is 12.7 Å². The SMILES string of the molecule is Nc1nc2cnccc2n1CCc1ccccc1F. The lowest BCUT2D eigenvalue weighted by Gasteiger charge is -2.07. The van der Waals surface area contributed by atoms with Crippen LogP contribution in [0.2, 0.25) is 0 Å². The topological polar surface area (TPSA) is 56.7 Å². The monoisotopic (exact) mass is 256 g/mol. The van der Waals surface area contributed by atoms with Crippen molar-refractivity contribution in [2.24, 2.45) is 0 Å². The fourth-order valence-corrected chi connectivity index (χ4v) is 2.17. The van der Waals surface area contributed by atoms with E-state index in [0.29, 0.717) is 24.5 Å². The number of nitrogens with two attached hydrogens (primary N) is 1. The highest BCUT2D eigenvalue weighted by molar-refractivity contribution is 5.77. The highest BCUT2D eigenvalue weighted by atomic mass is 19.1. The van der Waals surface area contributed by atoms with E-state index in [2.05, 4.69) is 9.97 Å². The van der Waals surface area contributed by atoms with Crippen LogP contribution in [0.15, 0.2) is 42.7 Å². The van der Waals surface area contributed by atoms with Gasteiger partial charge in [0.05, 0.1) is 11.7 Å². The van der Waals surface area contributed by atoms with Gasteiger partial charge in [0.2, 0.25) is 5.95 Å². The van der Waals surface area contributed by atoms with Crippen LogP contribution in [-0.4, -0.2) is 14.5 Å². The van der Waals surface area contributed by atoms with Crippen molar-refractivity contribution in [3.63, 3.8) is 0 Å². The molecular weight excluding hydrogens is 243 g/mol. The molecule has 0 atom stereocenters. The van der Waals surface area contributed by atoms with E-state index in [1.54, 1.807) is 24.5 Å². The van der Waals surface area contributed by atoms with Crippen molar-refractivity contribution >= 4 is 17.0 Å². The van der Waals surface area contributed by atoms with Crippen LogP contribution in [0, 0.1) is 5.82 Å². The van der Waals surface area contributed by atoms with Crippen LogP contribution in [-0.2, 0) is 13.0 Å². The molecule has 0 spiro atoms. The fourth-order valence-electron chi connectivity index (χ4n) is 2.17. The maximum absolute atomic E-state index is 13.6. The second-order valence-electron chi connectivity index (χ2n) is 4.33. The molecule has 2 N–H and O–H groups in total. The molecule has 3 rings (SSSR count). The normalized spacial score (nSPS) is 11.0. The summed E-state index contributed by atoms with van der Waals surface area (Å²) in [5, 5.41) is 0. The molecule has 0 radical (unpaired) electrons. The number of anilines is 1. The van der Waals surface area contributed by atoms with Gasteiger partial charge in [0.1, 0.15) is 11.3 Å². The van der Waals surface area contributed by atoms with E-state index in [-0.39, 0.29) is 5.82 Å². The summed E-state index contributed by atoms with van der Waals surface area (Å²) in [6, 6.07) is 8.63. The maximum Gasteiger partial charge on any atom is 0.201 e. The van der Waals surface area contributed by atoms with E-state index < -0.39 is 0 Å². The molecule has 0 aliphatic heterocycles. The quantitative estimate of drug-likeness (QED) is 0.782. The third kappa shape index (κ3) is 2.14. The number of aromatic nitrogens is 3. The first kappa shape index (κ1) is 11.6. The Bertz CT molecular complexity index is 720. The predicted octanol–water partition coefficient (Wildman–Crippen LogP) is 2.40. The molecule has 2 heterocycles. The number of hydrogen-bond acceptors (Lipinski definition) is 3. The molecule has 19 heavy (non-hydrogen) atoms. The molecular formula is C14H13FN4. The second-order valence-corrected chi connectivity index (χ2v) is 4.33. The Hall–Kier alpha value is -2.43. The van der Waals surface area contributed by atoms with Crippen LogP contribution in [0.3, 0.4) is 0 Å².